The van der Waals surface area contributed by atoms with Crippen molar-refractivity contribution >= 4 is 17.4 Å². The maximum atomic E-state index is 9.08. The predicted octanol–water partition coefficient (Wildman–Crippen LogP) is 1.56. The van der Waals surface area contributed by atoms with Gasteiger partial charge in [0, 0.05) is 0 Å². The Bertz CT molecular complexity index is 293. The molecule has 0 aliphatic rings. The van der Waals surface area contributed by atoms with Gasteiger partial charge in [-0.2, -0.15) is 0 Å². The molecule has 0 spiro atoms. The summed E-state index contributed by atoms with van der Waals surface area (Å²) in [6.45, 7) is 4.10. The van der Waals surface area contributed by atoms with Crippen LogP contribution in [0.2, 0.25) is 5.15 Å². The quantitative estimate of drug-likeness (QED) is 0.801. The topological polar surface area (TPSA) is 58.0 Å². The van der Waals surface area contributed by atoms with Gasteiger partial charge >= 0.3 is 0 Å². The second kappa shape index (κ2) is 5.12. The van der Waals surface area contributed by atoms with Crippen LogP contribution in [-0.4, -0.2) is 27.7 Å². The van der Waals surface area contributed by atoms with Crippen LogP contribution >= 0.6 is 11.6 Å². The molecule has 0 aromatic carbocycles. The Labute approximate surface area is 88.3 Å². The van der Waals surface area contributed by atoms with E-state index in [1.54, 1.807) is 6.20 Å². The van der Waals surface area contributed by atoms with E-state index in [1.807, 2.05) is 13.8 Å². The van der Waals surface area contributed by atoms with Gasteiger partial charge in [-0.05, 0) is 5.92 Å². The minimum atomic E-state index is -0.0252. The number of aliphatic hydroxyl groups excluding tert-OH is 1. The van der Waals surface area contributed by atoms with E-state index < -0.39 is 0 Å². The summed E-state index contributed by atoms with van der Waals surface area (Å²) in [6.07, 6.45) is 3.05. The fourth-order valence-corrected chi connectivity index (χ4v) is 1.17. The molecule has 0 fully saturated rings. The van der Waals surface area contributed by atoms with Crippen molar-refractivity contribution in [1.29, 1.82) is 0 Å². The highest BCUT2D eigenvalue weighted by molar-refractivity contribution is 6.29. The van der Waals surface area contributed by atoms with Gasteiger partial charge in [-0.15, -0.1) is 0 Å². The number of rotatable bonds is 4. The number of aliphatic hydroxyl groups is 1. The molecule has 0 amide bonds. The van der Waals surface area contributed by atoms with Crippen LogP contribution in [0.3, 0.4) is 0 Å². The Kier molecular flexibility index (Phi) is 4.10. The van der Waals surface area contributed by atoms with Crippen LogP contribution in [0.25, 0.3) is 0 Å². The van der Waals surface area contributed by atoms with Gasteiger partial charge in [-0.1, -0.05) is 25.4 Å². The number of hydrogen-bond acceptors (Lipinski definition) is 4. The van der Waals surface area contributed by atoms with Gasteiger partial charge in [0.05, 0.1) is 25.0 Å². The van der Waals surface area contributed by atoms with Gasteiger partial charge < -0.3 is 10.4 Å². The Balaban J connectivity index is 2.67. The Morgan fingerprint density at radius 3 is 2.71 bits per heavy atom. The molecule has 78 valence electrons. The molecule has 0 radical (unpaired) electrons. The fourth-order valence-electron chi connectivity index (χ4n) is 1.02. The summed E-state index contributed by atoms with van der Waals surface area (Å²) in [5, 5.41) is 12.5. The third-order valence-corrected chi connectivity index (χ3v) is 2.12. The molecule has 0 aliphatic heterocycles. The molecule has 5 heteroatoms. The largest absolute Gasteiger partial charge is 0.394 e. The van der Waals surface area contributed by atoms with E-state index in [0.717, 1.165) is 0 Å². The van der Waals surface area contributed by atoms with E-state index in [4.69, 9.17) is 16.7 Å². The van der Waals surface area contributed by atoms with Crippen molar-refractivity contribution in [2.75, 3.05) is 11.9 Å². The highest BCUT2D eigenvalue weighted by atomic mass is 35.5. The van der Waals surface area contributed by atoms with Gasteiger partial charge in [0.25, 0.3) is 0 Å². The number of aromatic nitrogens is 2. The second-order valence-corrected chi connectivity index (χ2v) is 3.79. The van der Waals surface area contributed by atoms with Crippen molar-refractivity contribution in [3.05, 3.63) is 17.5 Å². The molecule has 14 heavy (non-hydrogen) atoms. The van der Waals surface area contributed by atoms with Gasteiger partial charge in [-0.25, -0.2) is 4.98 Å². The summed E-state index contributed by atoms with van der Waals surface area (Å²) in [5.41, 5.74) is 0. The average molecular weight is 216 g/mol. The first kappa shape index (κ1) is 11.2. The molecule has 1 unspecified atom stereocenters. The molecule has 0 saturated heterocycles. The lowest BCUT2D eigenvalue weighted by atomic mass is 10.1. The van der Waals surface area contributed by atoms with Gasteiger partial charge in [0.15, 0.2) is 0 Å². The lowest BCUT2D eigenvalue weighted by Gasteiger charge is -2.20. The minimum Gasteiger partial charge on any atom is -0.394 e. The molecule has 1 aromatic heterocycles. The van der Waals surface area contributed by atoms with Crippen LogP contribution in [0.15, 0.2) is 12.4 Å². The zero-order chi connectivity index (χ0) is 10.6. The highest BCUT2D eigenvalue weighted by Crippen LogP contribution is 2.11. The van der Waals surface area contributed by atoms with Crippen molar-refractivity contribution in [3.8, 4) is 0 Å². The van der Waals surface area contributed by atoms with Crippen LogP contribution < -0.4 is 5.32 Å². The minimum absolute atomic E-state index is 0.0252. The van der Waals surface area contributed by atoms with Crippen molar-refractivity contribution in [3.63, 3.8) is 0 Å². The number of anilines is 1. The van der Waals surface area contributed by atoms with Crippen molar-refractivity contribution < 1.29 is 5.11 Å². The van der Waals surface area contributed by atoms with Crippen LogP contribution in [0.1, 0.15) is 13.8 Å². The standard InChI is InChI=1S/C9H14ClN3O/c1-6(2)7(5-14)12-9-4-11-3-8(10)13-9/h3-4,6-7,14H,5H2,1-2H3,(H,12,13). The summed E-state index contributed by atoms with van der Waals surface area (Å²) in [7, 11) is 0. The third-order valence-electron chi connectivity index (χ3n) is 1.94. The zero-order valence-electron chi connectivity index (χ0n) is 8.24. The number of halogens is 1. The summed E-state index contributed by atoms with van der Waals surface area (Å²) in [6, 6.07) is -0.0252. The van der Waals surface area contributed by atoms with Crippen molar-refractivity contribution in [1.82, 2.24) is 9.97 Å². The lowest BCUT2D eigenvalue weighted by molar-refractivity contribution is 0.249. The monoisotopic (exact) mass is 215 g/mol. The molecule has 2 N–H and O–H groups in total. The number of hydrogen-bond donors (Lipinski definition) is 2. The van der Waals surface area contributed by atoms with Crippen LogP contribution in [-0.2, 0) is 0 Å². The maximum absolute atomic E-state index is 9.08. The van der Waals surface area contributed by atoms with E-state index in [0.29, 0.717) is 16.9 Å². The summed E-state index contributed by atoms with van der Waals surface area (Å²) >= 11 is 5.67. The molecule has 1 aromatic rings. The first-order chi connectivity index (χ1) is 6.63. The fraction of sp³-hybridized carbons (Fsp3) is 0.556. The van der Waals surface area contributed by atoms with Crippen molar-refractivity contribution in [2.45, 2.75) is 19.9 Å². The molecule has 0 bridgehead atoms. The summed E-state index contributed by atoms with van der Waals surface area (Å²) in [4.78, 5) is 7.92. The molecule has 1 atom stereocenters. The smallest absolute Gasteiger partial charge is 0.149 e. The highest BCUT2D eigenvalue weighted by Gasteiger charge is 2.12. The number of nitrogens with one attached hydrogen (secondary N) is 1. The van der Waals surface area contributed by atoms with E-state index in [9.17, 15) is 0 Å². The van der Waals surface area contributed by atoms with Gasteiger partial charge in [0.1, 0.15) is 11.0 Å². The molecule has 1 heterocycles. The lowest BCUT2D eigenvalue weighted by Crippen LogP contribution is -2.29. The van der Waals surface area contributed by atoms with Gasteiger partial charge in [-0.3, -0.25) is 4.98 Å². The molecule has 0 aliphatic carbocycles. The normalized spacial score (nSPS) is 12.9. The molecular weight excluding hydrogens is 202 g/mol. The van der Waals surface area contributed by atoms with E-state index >= 15 is 0 Å². The predicted molar refractivity (Wildman–Crippen MR) is 56.4 cm³/mol. The number of nitrogens with zero attached hydrogens (tertiary/aromatic N) is 2. The first-order valence-corrected chi connectivity index (χ1v) is 4.86. The molecule has 1 rings (SSSR count). The SMILES string of the molecule is CC(C)C(CO)Nc1cncc(Cl)n1. The van der Waals surface area contributed by atoms with Crippen molar-refractivity contribution in [2.24, 2.45) is 5.92 Å². The van der Waals surface area contributed by atoms with Crippen LogP contribution in [0.5, 0.6) is 0 Å². The average Bonchev–Trinajstić information content (AvgIpc) is 2.14. The van der Waals surface area contributed by atoms with Crippen LogP contribution in [0, 0.1) is 5.92 Å². The molecule has 4 nitrogen and oxygen atoms in total. The second-order valence-electron chi connectivity index (χ2n) is 3.40. The Morgan fingerprint density at radius 1 is 1.50 bits per heavy atom. The molecular formula is C9H14ClN3O. The Morgan fingerprint density at radius 2 is 2.21 bits per heavy atom. The van der Waals surface area contributed by atoms with Gasteiger partial charge in [0.2, 0.25) is 0 Å². The van der Waals surface area contributed by atoms with Crippen LogP contribution in [0.4, 0.5) is 5.82 Å². The molecule has 0 saturated carbocycles. The first-order valence-electron chi connectivity index (χ1n) is 4.48. The summed E-state index contributed by atoms with van der Waals surface area (Å²) in [5.74, 6) is 0.908. The zero-order valence-corrected chi connectivity index (χ0v) is 8.99. The summed E-state index contributed by atoms with van der Waals surface area (Å²) < 4.78 is 0. The Hall–Kier alpha value is -0.870. The maximum Gasteiger partial charge on any atom is 0.149 e. The van der Waals surface area contributed by atoms with E-state index in [1.165, 1.54) is 6.20 Å². The van der Waals surface area contributed by atoms with E-state index in [-0.39, 0.29) is 12.6 Å². The van der Waals surface area contributed by atoms with E-state index in [2.05, 4.69) is 15.3 Å². The third kappa shape index (κ3) is 3.12.